The third kappa shape index (κ3) is 5.57. The molecule has 0 radical (unpaired) electrons. The number of fused-ring (bicyclic) bond motifs is 1. The summed E-state index contributed by atoms with van der Waals surface area (Å²) in [6, 6.07) is -0.00510. The number of aromatic nitrogens is 2. The first kappa shape index (κ1) is 25.5. The van der Waals surface area contributed by atoms with Crippen LogP contribution in [0.25, 0.3) is 0 Å². The van der Waals surface area contributed by atoms with Gasteiger partial charge in [-0.1, -0.05) is 12.5 Å². The van der Waals surface area contributed by atoms with Gasteiger partial charge in [-0.15, -0.1) is 11.6 Å². The quantitative estimate of drug-likeness (QED) is 0.288. The molecule has 3 N–H and O–H groups in total. The molecule has 4 aliphatic rings. The van der Waals surface area contributed by atoms with Gasteiger partial charge in [-0.25, -0.2) is 4.98 Å². The third-order valence-electron chi connectivity index (χ3n) is 8.82. The largest absolute Gasteiger partial charge is 0.378 e. The van der Waals surface area contributed by atoms with E-state index >= 15 is 0 Å². The second-order valence-corrected chi connectivity index (χ2v) is 11.8. The van der Waals surface area contributed by atoms with Crippen molar-refractivity contribution < 1.29 is 9.72 Å². The van der Waals surface area contributed by atoms with Gasteiger partial charge in [0.25, 0.3) is 5.91 Å². The fourth-order valence-electron chi connectivity index (χ4n) is 6.72. The van der Waals surface area contributed by atoms with Crippen molar-refractivity contribution in [1.82, 2.24) is 25.5 Å². The van der Waals surface area contributed by atoms with E-state index in [0.29, 0.717) is 36.5 Å². The number of nitrogens with zero attached hydrogens (tertiary/aromatic N) is 3. The molecule has 2 saturated carbocycles. The Bertz CT molecular complexity index is 982. The highest BCUT2D eigenvalue weighted by molar-refractivity contribution is 6.20. The summed E-state index contributed by atoms with van der Waals surface area (Å²) >= 11 is 6.38. The van der Waals surface area contributed by atoms with Gasteiger partial charge in [0.2, 0.25) is 6.04 Å². The molecule has 3 fully saturated rings. The molecular formula is C26H39ClN6O3. The van der Waals surface area contributed by atoms with Crippen LogP contribution in [0, 0.1) is 16.0 Å². The van der Waals surface area contributed by atoms with Gasteiger partial charge in [-0.2, -0.15) is 0 Å². The van der Waals surface area contributed by atoms with Gasteiger partial charge >= 0.3 is 0 Å². The van der Waals surface area contributed by atoms with Crippen LogP contribution >= 0.6 is 11.6 Å². The molecule has 0 spiro atoms. The van der Waals surface area contributed by atoms with E-state index in [0.717, 1.165) is 63.0 Å². The van der Waals surface area contributed by atoms with E-state index in [1.54, 1.807) is 0 Å². The van der Waals surface area contributed by atoms with Crippen LogP contribution in [0.5, 0.6) is 0 Å². The highest BCUT2D eigenvalue weighted by Gasteiger charge is 2.36. The Labute approximate surface area is 218 Å². The lowest BCUT2D eigenvalue weighted by atomic mass is 9.84. The number of piperidine rings is 1. The first-order chi connectivity index (χ1) is 17.4. The van der Waals surface area contributed by atoms with Crippen molar-refractivity contribution in [2.75, 3.05) is 6.54 Å². The minimum absolute atomic E-state index is 0.0765. The number of hydrogen-bond donors (Lipinski definition) is 3. The number of alkyl halides is 1. The number of carbonyl (C=O) groups excluding carboxylic acids is 1. The molecule has 0 bridgehead atoms. The minimum atomic E-state index is -0.427. The zero-order chi connectivity index (χ0) is 25.2. The summed E-state index contributed by atoms with van der Waals surface area (Å²) in [5.74, 6) is 1.36. The average molecular weight is 519 g/mol. The first-order valence-electron chi connectivity index (χ1n) is 13.7. The molecule has 1 amide bonds. The molecule has 1 saturated heterocycles. The van der Waals surface area contributed by atoms with Crippen molar-refractivity contribution in [1.29, 1.82) is 0 Å². The Hall–Kier alpha value is -2.13. The predicted molar refractivity (Wildman–Crippen MR) is 138 cm³/mol. The molecule has 5 rings (SSSR count). The monoisotopic (exact) mass is 518 g/mol. The maximum atomic E-state index is 13.4. The molecule has 4 unspecified atom stereocenters. The molecule has 36 heavy (non-hydrogen) atoms. The van der Waals surface area contributed by atoms with Crippen LogP contribution in [0.4, 0.5) is 0 Å². The number of hydrogen-bond acceptors (Lipinski definition) is 6. The fourth-order valence-corrected chi connectivity index (χ4v) is 7.05. The normalized spacial score (nSPS) is 33.2. The van der Waals surface area contributed by atoms with Gasteiger partial charge in [0.05, 0.1) is 11.7 Å². The lowest BCUT2D eigenvalue weighted by Crippen LogP contribution is -2.42. The molecule has 5 atom stereocenters. The average Bonchev–Trinajstić information content (AvgIpc) is 3.47. The Balaban J connectivity index is 1.31. The molecule has 198 valence electrons. The van der Waals surface area contributed by atoms with Crippen molar-refractivity contribution in [3.63, 3.8) is 0 Å². The second kappa shape index (κ2) is 11.1. The third-order valence-corrected chi connectivity index (χ3v) is 9.22. The number of carbonyl (C=O) groups is 1. The standard InChI is InChI=1S/C26H39ClN6O3/c1-32-24(16-5-8-20(9-6-16)33(35)36)15-29-25(32)22(14-19-4-2-3-11-28-19)31-26(34)23-13-17-12-18(27)7-10-21(17)30-23/h13,15-22,28,30H,2-12,14H2,1H3,(H,31,34)/t16?,17?,18?,19?,20?,21?,22-/m0/s1. The van der Waals surface area contributed by atoms with Crippen LogP contribution in [0.15, 0.2) is 18.0 Å². The smallest absolute Gasteiger partial charge is 0.267 e. The summed E-state index contributed by atoms with van der Waals surface area (Å²) in [5.41, 5.74) is 1.77. The van der Waals surface area contributed by atoms with Gasteiger partial charge in [0.1, 0.15) is 5.82 Å². The van der Waals surface area contributed by atoms with E-state index < -0.39 is 6.04 Å². The highest BCUT2D eigenvalue weighted by Crippen LogP contribution is 2.36. The van der Waals surface area contributed by atoms with Gasteiger partial charge in [0, 0.05) is 66.0 Å². The molecule has 2 aliphatic carbocycles. The lowest BCUT2D eigenvalue weighted by molar-refractivity contribution is -0.526. The van der Waals surface area contributed by atoms with Crippen molar-refractivity contribution in [2.45, 2.75) is 106 Å². The van der Waals surface area contributed by atoms with Gasteiger partial charge in [-0.05, 0) is 57.9 Å². The molecule has 1 aromatic rings. The summed E-state index contributed by atoms with van der Waals surface area (Å²) in [6.07, 6.45) is 13.9. The van der Waals surface area contributed by atoms with E-state index in [1.165, 1.54) is 12.8 Å². The molecule has 9 nitrogen and oxygen atoms in total. The van der Waals surface area contributed by atoms with Crippen LogP contribution in [0.3, 0.4) is 0 Å². The fraction of sp³-hybridized carbons (Fsp3) is 0.769. The molecule has 2 aliphatic heterocycles. The Morgan fingerprint density at radius 2 is 2.06 bits per heavy atom. The maximum absolute atomic E-state index is 13.4. The van der Waals surface area contributed by atoms with Crippen molar-refractivity contribution in [2.24, 2.45) is 13.0 Å². The highest BCUT2D eigenvalue weighted by atomic mass is 35.5. The summed E-state index contributed by atoms with van der Waals surface area (Å²) in [4.78, 5) is 29.3. The zero-order valence-corrected chi connectivity index (χ0v) is 21.9. The van der Waals surface area contributed by atoms with Crippen molar-refractivity contribution >= 4 is 17.5 Å². The van der Waals surface area contributed by atoms with Gasteiger partial charge in [-0.3, -0.25) is 14.9 Å². The van der Waals surface area contributed by atoms with E-state index in [9.17, 15) is 14.9 Å². The van der Waals surface area contributed by atoms with Crippen LogP contribution < -0.4 is 16.0 Å². The summed E-state index contributed by atoms with van der Waals surface area (Å²) in [6.45, 7) is 1.01. The SMILES string of the molecule is Cn1c(C2CCC([N+](=O)[O-])CC2)cnc1[C@H](CC1CCCCN1)NC(=O)C1=CC2CC(Cl)CCC2N1. The van der Waals surface area contributed by atoms with Gasteiger partial charge in [0.15, 0.2) is 0 Å². The summed E-state index contributed by atoms with van der Waals surface area (Å²) in [5, 5.41) is 21.7. The number of halogens is 1. The predicted octanol–water partition coefficient (Wildman–Crippen LogP) is 3.68. The van der Waals surface area contributed by atoms with E-state index in [-0.39, 0.29) is 28.2 Å². The van der Waals surface area contributed by atoms with E-state index in [2.05, 4.69) is 26.6 Å². The minimum Gasteiger partial charge on any atom is -0.378 e. The Morgan fingerprint density at radius 1 is 1.25 bits per heavy atom. The lowest BCUT2D eigenvalue weighted by Gasteiger charge is -2.29. The van der Waals surface area contributed by atoms with Crippen LogP contribution in [-0.4, -0.2) is 50.4 Å². The molecule has 0 aromatic carbocycles. The van der Waals surface area contributed by atoms with Gasteiger partial charge < -0.3 is 20.5 Å². The van der Waals surface area contributed by atoms with E-state index in [1.807, 2.05) is 13.2 Å². The molecule has 1 aromatic heterocycles. The number of imidazole rings is 1. The van der Waals surface area contributed by atoms with Crippen LogP contribution in [-0.2, 0) is 11.8 Å². The Kier molecular flexibility index (Phi) is 7.86. The maximum Gasteiger partial charge on any atom is 0.267 e. The number of rotatable bonds is 7. The summed E-state index contributed by atoms with van der Waals surface area (Å²) < 4.78 is 2.12. The topological polar surface area (TPSA) is 114 Å². The first-order valence-corrected chi connectivity index (χ1v) is 14.1. The van der Waals surface area contributed by atoms with E-state index in [4.69, 9.17) is 16.6 Å². The molecule has 3 heterocycles. The molecule has 10 heteroatoms. The zero-order valence-electron chi connectivity index (χ0n) is 21.1. The number of nitrogens with one attached hydrogen (secondary N) is 3. The summed E-state index contributed by atoms with van der Waals surface area (Å²) in [7, 11) is 2.02. The van der Waals surface area contributed by atoms with Crippen molar-refractivity contribution in [3.8, 4) is 0 Å². The second-order valence-electron chi connectivity index (χ2n) is 11.2. The van der Waals surface area contributed by atoms with Crippen LogP contribution in [0.2, 0.25) is 0 Å². The van der Waals surface area contributed by atoms with Crippen molar-refractivity contribution in [3.05, 3.63) is 39.6 Å². The number of nitro groups is 1. The number of amides is 1. The molecular weight excluding hydrogens is 480 g/mol. The van der Waals surface area contributed by atoms with Crippen LogP contribution in [0.1, 0.15) is 94.1 Å². The Morgan fingerprint density at radius 3 is 2.78 bits per heavy atom.